The molecule has 41 heavy (non-hydrogen) atoms. The molecule has 0 N–H and O–H groups in total. The first-order chi connectivity index (χ1) is 20.0. The van der Waals surface area contributed by atoms with Crippen LogP contribution in [0.3, 0.4) is 0 Å². The van der Waals surface area contributed by atoms with Gasteiger partial charge in [0.25, 0.3) is 6.43 Å². The number of rotatable bonds is 12. The van der Waals surface area contributed by atoms with Gasteiger partial charge in [0, 0.05) is 31.1 Å². The molecular formula is C34H32ClF2NO3. The van der Waals surface area contributed by atoms with Crippen molar-refractivity contribution in [2.75, 3.05) is 19.7 Å². The Labute approximate surface area is 244 Å². The maximum atomic E-state index is 13.6. The highest BCUT2D eigenvalue weighted by molar-refractivity contribution is 6.32. The van der Waals surface area contributed by atoms with Crippen molar-refractivity contribution >= 4 is 17.6 Å². The molecule has 212 valence electrons. The molecule has 0 bridgehead atoms. The van der Waals surface area contributed by atoms with Gasteiger partial charge in [0.2, 0.25) is 0 Å². The molecule has 4 nitrogen and oxygen atoms in total. The Morgan fingerprint density at radius 3 is 2.27 bits per heavy atom. The summed E-state index contributed by atoms with van der Waals surface area (Å²) in [7, 11) is 0. The average molecular weight is 576 g/mol. The van der Waals surface area contributed by atoms with Crippen molar-refractivity contribution in [3.8, 4) is 5.75 Å². The van der Waals surface area contributed by atoms with E-state index >= 15 is 0 Å². The Bertz CT molecular complexity index is 1410. The van der Waals surface area contributed by atoms with Crippen LogP contribution in [0.1, 0.15) is 52.1 Å². The number of carbonyl (C=O) groups excluding carboxylic acids is 1. The summed E-state index contributed by atoms with van der Waals surface area (Å²) in [4.78, 5) is 13.9. The maximum absolute atomic E-state index is 13.6. The number of benzene rings is 4. The van der Waals surface area contributed by atoms with Crippen LogP contribution in [0.4, 0.5) is 8.78 Å². The molecule has 7 heteroatoms. The molecule has 0 aromatic heterocycles. The molecule has 0 saturated carbocycles. The topological polar surface area (TPSA) is 38.8 Å². The van der Waals surface area contributed by atoms with E-state index in [0.717, 1.165) is 11.1 Å². The third kappa shape index (κ3) is 7.51. The van der Waals surface area contributed by atoms with E-state index in [9.17, 15) is 13.6 Å². The lowest BCUT2D eigenvalue weighted by Gasteiger charge is -2.29. The van der Waals surface area contributed by atoms with Gasteiger partial charge in [-0.1, -0.05) is 96.5 Å². The highest BCUT2D eigenvalue weighted by Gasteiger charge is 2.21. The third-order valence-electron chi connectivity index (χ3n) is 7.37. The molecule has 5 rings (SSSR count). The molecule has 0 fully saturated rings. The number of esters is 1. The zero-order valence-electron chi connectivity index (χ0n) is 22.6. The number of hydrogen-bond acceptors (Lipinski definition) is 4. The summed E-state index contributed by atoms with van der Waals surface area (Å²) >= 11 is 6.46. The highest BCUT2D eigenvalue weighted by atomic mass is 35.5. The van der Waals surface area contributed by atoms with E-state index in [-0.39, 0.29) is 28.9 Å². The van der Waals surface area contributed by atoms with Crippen LogP contribution in [0.5, 0.6) is 5.75 Å². The van der Waals surface area contributed by atoms with Gasteiger partial charge >= 0.3 is 5.97 Å². The van der Waals surface area contributed by atoms with Crippen molar-refractivity contribution in [1.29, 1.82) is 0 Å². The fourth-order valence-electron chi connectivity index (χ4n) is 5.24. The second-order valence-corrected chi connectivity index (χ2v) is 10.6. The molecule has 0 amide bonds. The van der Waals surface area contributed by atoms with Crippen molar-refractivity contribution in [2.45, 2.75) is 38.3 Å². The van der Waals surface area contributed by atoms with E-state index in [2.05, 4.69) is 29.2 Å². The monoisotopic (exact) mass is 575 g/mol. The Morgan fingerprint density at radius 1 is 0.878 bits per heavy atom. The summed E-state index contributed by atoms with van der Waals surface area (Å²) in [6, 6.07) is 31.2. The van der Waals surface area contributed by atoms with Gasteiger partial charge in [-0.05, 0) is 46.4 Å². The predicted molar refractivity (Wildman–Crippen MR) is 156 cm³/mol. The molecule has 1 aliphatic rings. The maximum Gasteiger partial charge on any atom is 0.310 e. The summed E-state index contributed by atoms with van der Waals surface area (Å²) in [6.07, 6.45) is -1.68. The lowest BCUT2D eigenvalue weighted by molar-refractivity contribution is -0.145. The molecule has 0 radical (unpaired) electrons. The smallest absolute Gasteiger partial charge is 0.310 e. The first kappa shape index (κ1) is 28.8. The Morgan fingerprint density at radius 2 is 1.59 bits per heavy atom. The minimum atomic E-state index is -2.64. The summed E-state index contributed by atoms with van der Waals surface area (Å²) in [5.41, 5.74) is 4.82. The van der Waals surface area contributed by atoms with Crippen molar-refractivity contribution in [3.05, 3.63) is 135 Å². The zero-order valence-corrected chi connectivity index (χ0v) is 23.4. The van der Waals surface area contributed by atoms with E-state index in [1.165, 1.54) is 17.2 Å². The Hall–Kier alpha value is -3.74. The number of ether oxygens (including phenoxy) is 2. The summed E-state index contributed by atoms with van der Waals surface area (Å²) < 4.78 is 38.3. The lowest BCUT2D eigenvalue weighted by atomic mass is 9.90. The van der Waals surface area contributed by atoms with Crippen LogP contribution in [0.15, 0.2) is 97.1 Å². The van der Waals surface area contributed by atoms with E-state index in [1.807, 2.05) is 60.7 Å². The molecule has 0 atom stereocenters. The van der Waals surface area contributed by atoms with Gasteiger partial charge in [-0.15, -0.1) is 0 Å². The number of halogens is 3. The SMILES string of the molecule is O=C1Cc2cc(OCCCN(Cc3cccc(C(F)F)c3Cl)CC(c3ccccc3)c3ccccc3)ccc2CO1. The van der Waals surface area contributed by atoms with Gasteiger partial charge in [0.1, 0.15) is 12.4 Å². The van der Waals surface area contributed by atoms with Gasteiger partial charge in [0.05, 0.1) is 18.1 Å². The van der Waals surface area contributed by atoms with Gasteiger partial charge in [0.15, 0.2) is 0 Å². The van der Waals surface area contributed by atoms with Gasteiger partial charge < -0.3 is 9.47 Å². The molecule has 4 aromatic carbocycles. The molecule has 1 heterocycles. The van der Waals surface area contributed by atoms with Crippen molar-refractivity contribution in [3.63, 3.8) is 0 Å². The van der Waals surface area contributed by atoms with Crippen LogP contribution < -0.4 is 4.74 Å². The molecule has 0 spiro atoms. The van der Waals surface area contributed by atoms with Gasteiger partial charge in [-0.3, -0.25) is 9.69 Å². The summed E-state index contributed by atoms with van der Waals surface area (Å²) in [5, 5.41) is 0.118. The van der Waals surface area contributed by atoms with Crippen LogP contribution in [-0.2, 0) is 29.1 Å². The fourth-order valence-corrected chi connectivity index (χ4v) is 5.51. The van der Waals surface area contributed by atoms with E-state index in [0.29, 0.717) is 50.6 Å². The second kappa shape index (κ2) is 13.7. The van der Waals surface area contributed by atoms with Crippen molar-refractivity contribution in [1.82, 2.24) is 4.90 Å². The molecule has 0 aliphatic carbocycles. The Kier molecular flexibility index (Phi) is 9.65. The molecule has 4 aromatic rings. The largest absolute Gasteiger partial charge is 0.494 e. The first-order valence-electron chi connectivity index (χ1n) is 13.8. The number of nitrogens with zero attached hydrogens (tertiary/aromatic N) is 1. The van der Waals surface area contributed by atoms with Crippen LogP contribution in [0.25, 0.3) is 0 Å². The first-order valence-corrected chi connectivity index (χ1v) is 14.1. The van der Waals surface area contributed by atoms with Crippen LogP contribution >= 0.6 is 11.6 Å². The van der Waals surface area contributed by atoms with E-state index in [1.54, 1.807) is 6.07 Å². The minimum absolute atomic E-state index is 0.0794. The normalized spacial score (nSPS) is 13.0. The van der Waals surface area contributed by atoms with Gasteiger partial charge in [-0.25, -0.2) is 8.78 Å². The standard InChI is InChI=1S/C34H32ClF2NO3/c35-33-26(13-7-14-30(33)34(36)37)21-38(22-31(24-9-3-1-4-10-24)25-11-5-2-6-12-25)17-8-18-40-29-16-15-27-23-41-32(39)20-28(27)19-29/h1-7,9-16,19,31,34H,8,17-18,20-23H2. The molecule has 0 saturated heterocycles. The van der Waals surface area contributed by atoms with Crippen molar-refractivity contribution in [2.24, 2.45) is 0 Å². The number of carbonyl (C=O) groups is 1. The molecule has 0 unspecified atom stereocenters. The highest BCUT2D eigenvalue weighted by Crippen LogP contribution is 2.32. The summed E-state index contributed by atoms with van der Waals surface area (Å²) in [5.74, 6) is 0.561. The number of alkyl halides is 2. The van der Waals surface area contributed by atoms with Crippen LogP contribution in [-0.4, -0.2) is 30.6 Å². The minimum Gasteiger partial charge on any atom is -0.494 e. The molecular weight excluding hydrogens is 544 g/mol. The van der Waals surface area contributed by atoms with Crippen molar-refractivity contribution < 1.29 is 23.0 Å². The van der Waals surface area contributed by atoms with Crippen LogP contribution in [0.2, 0.25) is 5.02 Å². The summed E-state index contributed by atoms with van der Waals surface area (Å²) in [6.45, 7) is 2.53. The number of hydrogen-bond donors (Lipinski definition) is 0. The zero-order chi connectivity index (χ0) is 28.6. The lowest BCUT2D eigenvalue weighted by Crippen LogP contribution is -2.31. The van der Waals surface area contributed by atoms with Gasteiger partial charge in [-0.2, -0.15) is 0 Å². The third-order valence-corrected chi connectivity index (χ3v) is 7.83. The number of fused-ring (bicyclic) bond motifs is 1. The Balaban J connectivity index is 1.33. The molecule has 1 aliphatic heterocycles. The van der Waals surface area contributed by atoms with E-state index in [4.69, 9.17) is 21.1 Å². The quantitative estimate of drug-likeness (QED) is 0.127. The predicted octanol–water partition coefficient (Wildman–Crippen LogP) is 7.98. The second-order valence-electron chi connectivity index (χ2n) is 10.2. The number of cyclic esters (lactones) is 1. The van der Waals surface area contributed by atoms with Crippen LogP contribution in [0, 0.1) is 0 Å². The average Bonchev–Trinajstić information content (AvgIpc) is 2.99. The van der Waals surface area contributed by atoms with E-state index < -0.39 is 6.43 Å². The fraction of sp³-hybridized carbons (Fsp3) is 0.265.